The van der Waals surface area contributed by atoms with Crippen molar-refractivity contribution in [2.45, 2.75) is 109 Å². The Hall–Kier alpha value is -4.30. The maximum atomic E-state index is 16.4. The number of aromatic nitrogens is 2. The Morgan fingerprint density at radius 1 is 1.04 bits per heavy atom. The molecule has 55 heavy (non-hydrogen) atoms. The van der Waals surface area contributed by atoms with Crippen molar-refractivity contribution in [1.29, 1.82) is 0 Å². The molecule has 4 heterocycles. The number of amides is 1. The number of ether oxygens (including phenoxy) is 3. The van der Waals surface area contributed by atoms with E-state index >= 15 is 4.39 Å². The van der Waals surface area contributed by atoms with Crippen LogP contribution in [-0.2, 0) is 25.3 Å². The molecule has 294 valence electrons. The van der Waals surface area contributed by atoms with Crippen LogP contribution in [0.4, 0.5) is 9.18 Å². The minimum Gasteiger partial charge on any atom is -0.472 e. The standard InChI is InChI=1S/C41H50ClFN4O7Si/c1-24-28(22-52-55(40(6,7)8,26-16-12-10-13-17-26)27-18-14-11-15-19-27)30-31(35(48)45-24)36(46-34(42)32(30)43)53-25(2)33-29-20-21-41(23-44-33,37(49)51-9)47(29)38(50)54-39(3,4)5/h10-19,25,29,33,44H,20-23H2,1-9H3,(H,45,48)/t25?,29-,33+,41+/m0/s1. The lowest BCUT2D eigenvalue weighted by Gasteiger charge is -2.47. The third kappa shape index (κ3) is 7.16. The molecule has 0 radical (unpaired) electrons. The largest absolute Gasteiger partial charge is 0.472 e. The van der Waals surface area contributed by atoms with Crippen molar-refractivity contribution in [2.24, 2.45) is 0 Å². The molecule has 14 heteroatoms. The fraction of sp³-hybridized carbons (Fsp3) is 0.463. The second-order valence-corrected chi connectivity index (χ2v) is 21.2. The average Bonchev–Trinajstić information content (AvgIpc) is 3.40. The monoisotopic (exact) mass is 792 g/mol. The van der Waals surface area contributed by atoms with E-state index in [0.717, 1.165) is 10.4 Å². The van der Waals surface area contributed by atoms with E-state index in [1.165, 1.54) is 12.0 Å². The fourth-order valence-corrected chi connectivity index (χ4v) is 13.1. The lowest BCUT2D eigenvalue weighted by molar-refractivity contribution is -0.156. The first-order valence-corrected chi connectivity index (χ1v) is 20.8. The van der Waals surface area contributed by atoms with Crippen molar-refractivity contribution < 1.29 is 32.6 Å². The summed E-state index contributed by atoms with van der Waals surface area (Å²) in [6.07, 6.45) is -0.609. The quantitative estimate of drug-likeness (QED) is 0.116. The summed E-state index contributed by atoms with van der Waals surface area (Å²) < 4.78 is 40.9. The molecule has 2 aliphatic heterocycles. The van der Waals surface area contributed by atoms with Gasteiger partial charge in [0.2, 0.25) is 5.88 Å². The number of aryl methyl sites for hydroxylation is 1. The Kier molecular flexibility index (Phi) is 11.0. The van der Waals surface area contributed by atoms with Gasteiger partial charge in [0.25, 0.3) is 13.9 Å². The molecule has 0 aliphatic carbocycles. The third-order valence-electron chi connectivity index (χ3n) is 10.8. The molecule has 2 aliphatic rings. The number of carbonyl (C=O) groups excluding carboxylic acids is 2. The minimum absolute atomic E-state index is 0.0426. The van der Waals surface area contributed by atoms with Gasteiger partial charge in [0.15, 0.2) is 16.5 Å². The van der Waals surface area contributed by atoms with Gasteiger partial charge in [0.1, 0.15) is 17.1 Å². The van der Waals surface area contributed by atoms with Crippen LogP contribution in [0.15, 0.2) is 65.5 Å². The van der Waals surface area contributed by atoms with Gasteiger partial charge in [0.05, 0.1) is 25.8 Å². The van der Waals surface area contributed by atoms with Crippen LogP contribution in [-0.4, -0.2) is 78.2 Å². The van der Waals surface area contributed by atoms with Gasteiger partial charge in [-0.3, -0.25) is 9.69 Å². The van der Waals surface area contributed by atoms with Crippen molar-refractivity contribution in [1.82, 2.24) is 20.2 Å². The number of fused-ring (bicyclic) bond motifs is 3. The average molecular weight is 793 g/mol. The Labute approximate surface area is 327 Å². The molecule has 11 nitrogen and oxygen atoms in total. The molecule has 2 fully saturated rings. The summed E-state index contributed by atoms with van der Waals surface area (Å²) in [6.45, 7) is 15.2. The first-order chi connectivity index (χ1) is 25.9. The molecule has 1 amide bonds. The third-order valence-corrected chi connectivity index (χ3v) is 16.1. The van der Waals surface area contributed by atoms with Crippen LogP contribution >= 0.6 is 11.6 Å². The van der Waals surface area contributed by atoms with Crippen molar-refractivity contribution in [2.75, 3.05) is 13.7 Å². The van der Waals surface area contributed by atoms with Crippen LogP contribution in [0.3, 0.4) is 0 Å². The zero-order chi connectivity index (χ0) is 40.1. The van der Waals surface area contributed by atoms with Crippen molar-refractivity contribution in [3.8, 4) is 5.88 Å². The highest BCUT2D eigenvalue weighted by molar-refractivity contribution is 6.99. The summed E-state index contributed by atoms with van der Waals surface area (Å²) in [5.74, 6) is -1.58. The Balaban J connectivity index is 1.40. The summed E-state index contributed by atoms with van der Waals surface area (Å²) in [4.78, 5) is 49.2. The highest BCUT2D eigenvalue weighted by atomic mass is 35.5. The SMILES string of the molecule is COC(=O)[C@@]12CC[C@@H]([C@@H](C(C)Oc3nc(Cl)c(F)c4c(CO[Si](c5ccccc5)(c5ccccc5)C(C)(C)C)c(C)[nH]c(=O)c34)NC1)N2C(=O)OC(C)(C)C. The summed E-state index contributed by atoms with van der Waals surface area (Å²) in [5, 5.41) is 4.48. The molecule has 2 aromatic heterocycles. The number of nitrogens with zero attached hydrogens (tertiary/aromatic N) is 2. The predicted molar refractivity (Wildman–Crippen MR) is 212 cm³/mol. The van der Waals surface area contributed by atoms with Gasteiger partial charge in [-0.1, -0.05) is 93.0 Å². The predicted octanol–water partition coefficient (Wildman–Crippen LogP) is 6.15. The van der Waals surface area contributed by atoms with E-state index in [0.29, 0.717) is 24.1 Å². The minimum atomic E-state index is -3.08. The molecule has 4 atom stereocenters. The summed E-state index contributed by atoms with van der Waals surface area (Å²) in [7, 11) is -1.79. The molecule has 2 N–H and O–H groups in total. The Morgan fingerprint density at radius 2 is 1.64 bits per heavy atom. The number of H-pyrrole nitrogens is 1. The van der Waals surface area contributed by atoms with E-state index in [4.69, 9.17) is 30.2 Å². The van der Waals surface area contributed by atoms with Crippen LogP contribution < -0.4 is 26.0 Å². The second-order valence-electron chi connectivity index (χ2n) is 16.5. The molecular weight excluding hydrogens is 743 g/mol. The number of carbonyl (C=O) groups is 2. The molecule has 4 aromatic rings. The van der Waals surface area contributed by atoms with Crippen LogP contribution in [0.25, 0.3) is 10.8 Å². The van der Waals surface area contributed by atoms with Gasteiger partial charge in [-0.15, -0.1) is 0 Å². The highest BCUT2D eigenvalue weighted by Gasteiger charge is 2.61. The molecule has 0 spiro atoms. The van der Waals surface area contributed by atoms with Crippen LogP contribution in [0, 0.1) is 12.7 Å². The second kappa shape index (κ2) is 15.0. The number of hydrogen-bond acceptors (Lipinski definition) is 9. The Bertz CT molecular complexity index is 2100. The van der Waals surface area contributed by atoms with Gasteiger partial charge in [-0.25, -0.2) is 14.0 Å². The maximum Gasteiger partial charge on any atom is 0.411 e. The smallest absolute Gasteiger partial charge is 0.411 e. The van der Waals surface area contributed by atoms with Crippen LogP contribution in [0.2, 0.25) is 10.2 Å². The van der Waals surface area contributed by atoms with E-state index in [-0.39, 0.29) is 34.8 Å². The lowest BCUT2D eigenvalue weighted by atomic mass is 9.94. The highest BCUT2D eigenvalue weighted by Crippen LogP contribution is 2.43. The molecule has 0 saturated carbocycles. The van der Waals surface area contributed by atoms with Crippen molar-refractivity contribution in [3.05, 3.63) is 93.2 Å². The lowest BCUT2D eigenvalue weighted by Crippen LogP contribution is -2.71. The molecule has 2 bridgehead atoms. The number of esters is 1. The van der Waals surface area contributed by atoms with Gasteiger partial charge in [0, 0.05) is 23.2 Å². The number of aromatic amines is 1. The number of piperazine rings is 1. The molecule has 1 unspecified atom stereocenters. The summed E-state index contributed by atoms with van der Waals surface area (Å²) in [5.41, 5.74) is -1.86. The number of methoxy groups -OCH3 is 1. The topological polar surface area (TPSA) is 132 Å². The molecule has 6 rings (SSSR count). The number of nitrogens with one attached hydrogen (secondary N) is 2. The summed E-state index contributed by atoms with van der Waals surface area (Å²) in [6, 6.07) is 19.1. The van der Waals surface area contributed by atoms with E-state index in [9.17, 15) is 14.4 Å². The van der Waals surface area contributed by atoms with Gasteiger partial charge < -0.3 is 28.9 Å². The number of benzene rings is 2. The summed E-state index contributed by atoms with van der Waals surface area (Å²) >= 11 is 6.50. The van der Waals surface area contributed by atoms with Gasteiger partial charge >= 0.3 is 12.1 Å². The molecule has 2 aromatic carbocycles. The maximum absolute atomic E-state index is 16.4. The molecule has 2 saturated heterocycles. The number of hydrogen-bond donors (Lipinski definition) is 2. The van der Waals surface area contributed by atoms with Crippen LogP contribution in [0.1, 0.15) is 72.6 Å². The van der Waals surface area contributed by atoms with Crippen molar-refractivity contribution >= 4 is 53.1 Å². The van der Waals surface area contributed by atoms with E-state index in [2.05, 4.69) is 60.3 Å². The fourth-order valence-electron chi connectivity index (χ4n) is 8.41. The zero-order valence-electron chi connectivity index (χ0n) is 32.8. The Morgan fingerprint density at radius 3 is 2.18 bits per heavy atom. The van der Waals surface area contributed by atoms with Crippen LogP contribution in [0.5, 0.6) is 5.88 Å². The van der Waals surface area contributed by atoms with E-state index < -0.39 is 66.2 Å². The number of rotatable bonds is 9. The normalized spacial score (nSPS) is 20.7. The van der Waals surface area contributed by atoms with Gasteiger partial charge in [-0.05, 0) is 62.9 Å². The first kappa shape index (κ1) is 40.4. The van der Waals surface area contributed by atoms with Crippen molar-refractivity contribution in [3.63, 3.8) is 0 Å². The molecular formula is C41H50ClFN4O7Si. The zero-order valence-corrected chi connectivity index (χ0v) is 34.6. The van der Waals surface area contributed by atoms with Gasteiger partial charge in [-0.2, -0.15) is 4.98 Å². The van der Waals surface area contributed by atoms with E-state index in [1.807, 2.05) is 36.4 Å². The first-order valence-electron chi connectivity index (χ1n) is 18.5. The number of halogens is 2. The van der Waals surface area contributed by atoms with E-state index in [1.54, 1.807) is 34.6 Å². The number of pyridine rings is 2.